The largest absolute Gasteiger partial charge is 0.409 e. The van der Waals surface area contributed by atoms with Crippen molar-refractivity contribution in [1.82, 2.24) is 4.90 Å². The summed E-state index contributed by atoms with van der Waals surface area (Å²) < 4.78 is 0. The number of hydrogen-bond donors (Lipinski definition) is 3. The number of amidine groups is 1. The second-order valence-electron chi connectivity index (χ2n) is 4.23. The first-order chi connectivity index (χ1) is 7.10. The zero-order valence-electron chi connectivity index (χ0n) is 9.43. The van der Waals surface area contributed by atoms with Gasteiger partial charge < -0.3 is 16.0 Å². The zero-order valence-corrected chi connectivity index (χ0v) is 9.43. The van der Waals surface area contributed by atoms with E-state index in [0.717, 1.165) is 25.9 Å². The molecule has 3 unspecified atom stereocenters. The Hall–Kier alpha value is -0.810. The van der Waals surface area contributed by atoms with Crippen molar-refractivity contribution in [2.24, 2.45) is 16.8 Å². The van der Waals surface area contributed by atoms with Gasteiger partial charge in [-0.05, 0) is 32.2 Å². The second kappa shape index (κ2) is 5.32. The van der Waals surface area contributed by atoms with E-state index in [9.17, 15) is 5.11 Å². The summed E-state index contributed by atoms with van der Waals surface area (Å²) in [6, 6.07) is -0.00116. The van der Waals surface area contributed by atoms with E-state index in [4.69, 9.17) is 10.9 Å². The fourth-order valence-corrected chi connectivity index (χ4v) is 2.21. The monoisotopic (exact) mass is 215 g/mol. The topological polar surface area (TPSA) is 82.1 Å². The Bertz CT molecular complexity index is 231. The van der Waals surface area contributed by atoms with E-state index in [1.807, 2.05) is 13.8 Å². The van der Waals surface area contributed by atoms with E-state index in [1.165, 1.54) is 0 Å². The number of nitrogens with zero attached hydrogens (tertiary/aromatic N) is 2. The van der Waals surface area contributed by atoms with Crippen LogP contribution in [-0.2, 0) is 0 Å². The van der Waals surface area contributed by atoms with E-state index < -0.39 is 0 Å². The van der Waals surface area contributed by atoms with Gasteiger partial charge in [0.15, 0.2) is 5.84 Å². The first kappa shape index (κ1) is 12.3. The van der Waals surface area contributed by atoms with Crippen LogP contribution in [-0.4, -0.2) is 46.3 Å². The third-order valence-corrected chi connectivity index (χ3v) is 3.22. The molecule has 0 bridgehead atoms. The quantitative estimate of drug-likeness (QED) is 0.271. The van der Waals surface area contributed by atoms with Gasteiger partial charge in [0.05, 0.1) is 12.1 Å². The van der Waals surface area contributed by atoms with Crippen molar-refractivity contribution >= 4 is 5.84 Å². The third-order valence-electron chi connectivity index (χ3n) is 3.22. The van der Waals surface area contributed by atoms with Crippen LogP contribution in [0.25, 0.3) is 0 Å². The van der Waals surface area contributed by atoms with Gasteiger partial charge in [-0.3, -0.25) is 4.90 Å². The standard InChI is InChI=1S/C10H21N3O2/c1-3-9(10(11)12-15)13-5-4-8(6-13)7(2)14/h7-9,14-15H,3-6H2,1-2H3,(H2,11,12). The molecule has 0 aromatic carbocycles. The lowest BCUT2D eigenvalue weighted by atomic mass is 10.0. The van der Waals surface area contributed by atoms with Crippen molar-refractivity contribution in [2.75, 3.05) is 13.1 Å². The Balaban J connectivity index is 2.58. The number of oxime groups is 1. The lowest BCUT2D eigenvalue weighted by molar-refractivity contribution is 0.125. The molecule has 5 heteroatoms. The van der Waals surface area contributed by atoms with Crippen molar-refractivity contribution in [2.45, 2.75) is 38.8 Å². The Morgan fingerprint density at radius 2 is 2.33 bits per heavy atom. The molecular weight excluding hydrogens is 194 g/mol. The minimum absolute atomic E-state index is 0.00116. The molecule has 3 atom stereocenters. The summed E-state index contributed by atoms with van der Waals surface area (Å²) in [4.78, 5) is 2.17. The Kier molecular flexibility index (Phi) is 4.35. The Labute approximate surface area is 90.6 Å². The maximum Gasteiger partial charge on any atom is 0.156 e. The molecule has 0 aromatic rings. The van der Waals surface area contributed by atoms with Gasteiger partial charge in [-0.25, -0.2) is 0 Å². The molecule has 1 aliphatic heterocycles. The van der Waals surface area contributed by atoms with E-state index >= 15 is 0 Å². The molecule has 5 nitrogen and oxygen atoms in total. The van der Waals surface area contributed by atoms with Gasteiger partial charge in [0.1, 0.15) is 0 Å². The van der Waals surface area contributed by atoms with Gasteiger partial charge in [-0.1, -0.05) is 12.1 Å². The van der Waals surface area contributed by atoms with Crippen LogP contribution in [0.3, 0.4) is 0 Å². The van der Waals surface area contributed by atoms with Crippen molar-refractivity contribution in [1.29, 1.82) is 0 Å². The number of nitrogens with two attached hydrogens (primary N) is 1. The van der Waals surface area contributed by atoms with Gasteiger partial charge in [-0.15, -0.1) is 0 Å². The Morgan fingerprint density at radius 3 is 2.73 bits per heavy atom. The van der Waals surface area contributed by atoms with Gasteiger partial charge in [0, 0.05) is 6.54 Å². The normalized spacial score (nSPS) is 27.9. The minimum atomic E-state index is -0.278. The molecule has 0 amide bonds. The molecule has 4 N–H and O–H groups in total. The highest BCUT2D eigenvalue weighted by molar-refractivity contribution is 5.85. The lowest BCUT2D eigenvalue weighted by Gasteiger charge is -2.25. The third kappa shape index (κ3) is 2.82. The molecule has 1 aliphatic rings. The van der Waals surface area contributed by atoms with Gasteiger partial charge in [0.2, 0.25) is 0 Å². The van der Waals surface area contributed by atoms with Crippen LogP contribution in [0.15, 0.2) is 5.16 Å². The fraction of sp³-hybridized carbons (Fsp3) is 0.900. The van der Waals surface area contributed by atoms with Crippen molar-refractivity contribution in [3.05, 3.63) is 0 Å². The van der Waals surface area contributed by atoms with Gasteiger partial charge in [0.25, 0.3) is 0 Å². The van der Waals surface area contributed by atoms with Gasteiger partial charge >= 0.3 is 0 Å². The second-order valence-corrected chi connectivity index (χ2v) is 4.23. The number of rotatable bonds is 4. The number of aliphatic hydroxyl groups excluding tert-OH is 1. The fourth-order valence-electron chi connectivity index (χ4n) is 2.21. The molecule has 0 spiro atoms. The molecule has 15 heavy (non-hydrogen) atoms. The lowest BCUT2D eigenvalue weighted by Crippen LogP contribution is -2.43. The number of likely N-dealkylation sites (tertiary alicyclic amines) is 1. The highest BCUT2D eigenvalue weighted by atomic mass is 16.4. The van der Waals surface area contributed by atoms with Crippen molar-refractivity contribution in [3.63, 3.8) is 0 Å². The zero-order chi connectivity index (χ0) is 11.4. The van der Waals surface area contributed by atoms with Crippen LogP contribution in [0.4, 0.5) is 0 Å². The summed E-state index contributed by atoms with van der Waals surface area (Å²) in [5.74, 6) is 0.578. The van der Waals surface area contributed by atoms with Crippen LogP contribution in [0.1, 0.15) is 26.7 Å². The van der Waals surface area contributed by atoms with E-state index in [1.54, 1.807) is 0 Å². The van der Waals surface area contributed by atoms with Crippen LogP contribution in [0, 0.1) is 5.92 Å². The molecule has 1 heterocycles. The highest BCUT2D eigenvalue weighted by Crippen LogP contribution is 2.22. The van der Waals surface area contributed by atoms with Gasteiger partial charge in [-0.2, -0.15) is 0 Å². The Morgan fingerprint density at radius 1 is 1.67 bits per heavy atom. The number of hydrogen-bond acceptors (Lipinski definition) is 4. The summed E-state index contributed by atoms with van der Waals surface area (Å²) in [6.45, 7) is 5.56. The van der Waals surface area contributed by atoms with Crippen LogP contribution in [0.2, 0.25) is 0 Å². The average Bonchev–Trinajstić information content (AvgIpc) is 2.68. The first-order valence-corrected chi connectivity index (χ1v) is 5.49. The SMILES string of the molecule is CCC(C(N)=NO)N1CCC(C(C)O)C1. The van der Waals surface area contributed by atoms with E-state index in [-0.39, 0.29) is 18.0 Å². The molecule has 88 valence electrons. The summed E-state index contributed by atoms with van der Waals surface area (Å²) in [7, 11) is 0. The molecule has 1 rings (SSSR count). The number of aliphatic hydroxyl groups is 1. The molecule has 1 fully saturated rings. The van der Waals surface area contributed by atoms with Crippen molar-refractivity contribution in [3.8, 4) is 0 Å². The van der Waals surface area contributed by atoms with Crippen LogP contribution < -0.4 is 5.73 Å². The molecular formula is C10H21N3O2. The molecule has 0 saturated carbocycles. The van der Waals surface area contributed by atoms with E-state index in [0.29, 0.717) is 5.92 Å². The maximum absolute atomic E-state index is 9.48. The average molecular weight is 215 g/mol. The maximum atomic E-state index is 9.48. The first-order valence-electron chi connectivity index (χ1n) is 5.49. The summed E-state index contributed by atoms with van der Waals surface area (Å²) in [5, 5.41) is 21.2. The highest BCUT2D eigenvalue weighted by Gasteiger charge is 2.31. The summed E-state index contributed by atoms with van der Waals surface area (Å²) >= 11 is 0. The van der Waals surface area contributed by atoms with E-state index in [2.05, 4.69) is 10.1 Å². The molecule has 1 saturated heterocycles. The molecule has 0 aromatic heterocycles. The predicted octanol–water partition coefficient (Wildman–Crippen LogP) is 0.214. The summed E-state index contributed by atoms with van der Waals surface area (Å²) in [5.41, 5.74) is 5.62. The summed E-state index contributed by atoms with van der Waals surface area (Å²) in [6.07, 6.45) is 1.52. The minimum Gasteiger partial charge on any atom is -0.409 e. The molecule has 0 radical (unpaired) electrons. The molecule has 0 aliphatic carbocycles. The predicted molar refractivity (Wildman–Crippen MR) is 58.8 cm³/mol. The smallest absolute Gasteiger partial charge is 0.156 e. The van der Waals surface area contributed by atoms with Crippen LogP contribution in [0.5, 0.6) is 0 Å². The van der Waals surface area contributed by atoms with Crippen LogP contribution >= 0.6 is 0 Å². The van der Waals surface area contributed by atoms with Crippen molar-refractivity contribution < 1.29 is 10.3 Å².